The van der Waals surface area contributed by atoms with Crippen molar-refractivity contribution in [2.75, 3.05) is 13.6 Å². The zero-order chi connectivity index (χ0) is 11.0. The van der Waals surface area contributed by atoms with Gasteiger partial charge in [0, 0.05) is 17.3 Å². The molecule has 0 saturated heterocycles. The Bertz CT molecular complexity index is 368. The van der Waals surface area contributed by atoms with Crippen LogP contribution in [0.5, 0.6) is 0 Å². The summed E-state index contributed by atoms with van der Waals surface area (Å²) >= 11 is 1.93. The van der Waals surface area contributed by atoms with Gasteiger partial charge in [-0.05, 0) is 36.9 Å². The first-order valence-electron chi connectivity index (χ1n) is 6.27. The summed E-state index contributed by atoms with van der Waals surface area (Å²) in [6.45, 7) is 0.937. The molecule has 1 saturated carbocycles. The fourth-order valence-corrected chi connectivity index (χ4v) is 4.23. The second-order valence-electron chi connectivity index (χ2n) is 4.85. The number of halogens is 1. The molecular weight excluding hydrogens is 254 g/mol. The quantitative estimate of drug-likeness (QED) is 0.891. The minimum Gasteiger partial charge on any atom is -0.368 e. The van der Waals surface area contributed by atoms with Crippen molar-refractivity contribution >= 4 is 23.7 Å². The van der Waals surface area contributed by atoms with Crippen molar-refractivity contribution in [2.45, 2.75) is 43.8 Å². The highest BCUT2D eigenvalue weighted by molar-refractivity contribution is 7.10. The molecule has 96 valence electrons. The lowest BCUT2D eigenvalue weighted by atomic mass is 9.81. The molecule has 3 rings (SSSR count). The third-order valence-corrected chi connectivity index (χ3v) is 4.91. The lowest BCUT2D eigenvalue weighted by Gasteiger charge is -2.39. The summed E-state index contributed by atoms with van der Waals surface area (Å²) in [5, 5.41) is 5.47. The number of ether oxygens (including phenoxy) is 1. The molecule has 2 heterocycles. The third kappa shape index (κ3) is 2.39. The summed E-state index contributed by atoms with van der Waals surface area (Å²) in [5.41, 5.74) is 1.45. The summed E-state index contributed by atoms with van der Waals surface area (Å²) in [6, 6.07) is 2.26. The van der Waals surface area contributed by atoms with E-state index in [1.54, 1.807) is 4.88 Å². The van der Waals surface area contributed by atoms with Crippen molar-refractivity contribution in [3.05, 3.63) is 21.9 Å². The van der Waals surface area contributed by atoms with Gasteiger partial charge in [-0.3, -0.25) is 0 Å². The zero-order valence-corrected chi connectivity index (χ0v) is 11.8. The lowest BCUT2D eigenvalue weighted by molar-refractivity contribution is -0.0541. The number of nitrogens with one attached hydrogen (secondary N) is 1. The van der Waals surface area contributed by atoms with Crippen LogP contribution >= 0.6 is 23.7 Å². The maximum Gasteiger partial charge on any atom is 0.0963 e. The number of hydrogen-bond acceptors (Lipinski definition) is 3. The van der Waals surface area contributed by atoms with Crippen LogP contribution in [-0.4, -0.2) is 19.7 Å². The summed E-state index contributed by atoms with van der Waals surface area (Å²) in [4.78, 5) is 1.61. The summed E-state index contributed by atoms with van der Waals surface area (Å²) in [7, 11) is 2.00. The van der Waals surface area contributed by atoms with Gasteiger partial charge in [0.1, 0.15) is 0 Å². The van der Waals surface area contributed by atoms with Crippen molar-refractivity contribution < 1.29 is 4.74 Å². The molecule has 0 radical (unpaired) electrons. The zero-order valence-electron chi connectivity index (χ0n) is 10.1. The third-order valence-electron chi connectivity index (χ3n) is 3.84. The van der Waals surface area contributed by atoms with Gasteiger partial charge in [-0.25, -0.2) is 0 Å². The number of fused-ring (bicyclic) bond motifs is 3. The Labute approximate surface area is 113 Å². The van der Waals surface area contributed by atoms with Crippen LogP contribution in [0.2, 0.25) is 0 Å². The maximum absolute atomic E-state index is 6.26. The molecule has 4 heteroatoms. The van der Waals surface area contributed by atoms with E-state index < -0.39 is 0 Å². The van der Waals surface area contributed by atoms with Crippen molar-refractivity contribution in [2.24, 2.45) is 0 Å². The molecule has 17 heavy (non-hydrogen) atoms. The van der Waals surface area contributed by atoms with E-state index in [9.17, 15) is 0 Å². The maximum atomic E-state index is 6.26. The topological polar surface area (TPSA) is 21.3 Å². The molecule has 0 bridgehead atoms. The molecule has 1 N–H and O–H groups in total. The minimum absolute atomic E-state index is 0. The monoisotopic (exact) mass is 273 g/mol. The standard InChI is InChI=1S/C13H19NOS.ClH/c1-14-8-12-10-6-7-16-13(10)9-4-2-3-5-11(9)15-12;/h6-7,9,11-12,14H,2-5,8H2,1H3;1H. The Balaban J connectivity index is 0.00000108. The number of rotatable bonds is 2. The fraction of sp³-hybridized carbons (Fsp3) is 0.692. The average molecular weight is 274 g/mol. The normalized spacial score (nSPS) is 31.2. The van der Waals surface area contributed by atoms with Crippen LogP contribution in [0.25, 0.3) is 0 Å². The van der Waals surface area contributed by atoms with E-state index in [-0.39, 0.29) is 18.5 Å². The molecular formula is C13H20ClNOS. The Morgan fingerprint density at radius 2 is 2.24 bits per heavy atom. The van der Waals surface area contributed by atoms with Gasteiger partial charge in [0.15, 0.2) is 0 Å². The van der Waals surface area contributed by atoms with Crippen LogP contribution < -0.4 is 5.32 Å². The van der Waals surface area contributed by atoms with Crippen LogP contribution in [0, 0.1) is 0 Å². The first-order valence-corrected chi connectivity index (χ1v) is 7.15. The predicted octanol–water partition coefficient (Wildman–Crippen LogP) is 3.49. The first kappa shape index (κ1) is 13.3. The van der Waals surface area contributed by atoms with Crippen LogP contribution in [0.1, 0.15) is 48.1 Å². The van der Waals surface area contributed by atoms with E-state index in [1.165, 1.54) is 31.2 Å². The number of hydrogen-bond donors (Lipinski definition) is 1. The average Bonchev–Trinajstić information content (AvgIpc) is 2.79. The molecule has 2 aliphatic rings. The highest BCUT2D eigenvalue weighted by Crippen LogP contribution is 2.46. The van der Waals surface area contributed by atoms with Gasteiger partial charge < -0.3 is 10.1 Å². The largest absolute Gasteiger partial charge is 0.368 e. The Kier molecular flexibility index (Phi) is 4.47. The highest BCUT2D eigenvalue weighted by Gasteiger charge is 2.37. The Hall–Kier alpha value is -0.0900. The first-order chi connectivity index (χ1) is 7.90. The summed E-state index contributed by atoms with van der Waals surface area (Å²) < 4.78 is 6.26. The van der Waals surface area contributed by atoms with Crippen molar-refractivity contribution in [1.29, 1.82) is 0 Å². The van der Waals surface area contributed by atoms with Crippen LogP contribution in [0.3, 0.4) is 0 Å². The second-order valence-corrected chi connectivity index (χ2v) is 5.80. The lowest BCUT2D eigenvalue weighted by Crippen LogP contribution is -2.35. The molecule has 1 aliphatic heterocycles. The van der Waals surface area contributed by atoms with E-state index in [1.807, 2.05) is 18.4 Å². The van der Waals surface area contributed by atoms with Crippen LogP contribution in [0.15, 0.2) is 11.4 Å². The van der Waals surface area contributed by atoms with E-state index in [2.05, 4.69) is 16.8 Å². The Morgan fingerprint density at radius 3 is 3.06 bits per heavy atom. The minimum atomic E-state index is 0. The predicted molar refractivity (Wildman–Crippen MR) is 74.3 cm³/mol. The van der Waals surface area contributed by atoms with Crippen molar-refractivity contribution in [3.63, 3.8) is 0 Å². The van der Waals surface area contributed by atoms with Gasteiger partial charge in [0.2, 0.25) is 0 Å². The molecule has 2 nitrogen and oxygen atoms in total. The van der Waals surface area contributed by atoms with Gasteiger partial charge in [-0.2, -0.15) is 0 Å². The molecule has 0 amide bonds. The van der Waals surface area contributed by atoms with Gasteiger partial charge in [-0.15, -0.1) is 23.7 Å². The molecule has 1 fully saturated rings. The number of likely N-dealkylation sites (N-methyl/N-ethyl adjacent to an activating group) is 1. The highest BCUT2D eigenvalue weighted by atomic mass is 35.5. The summed E-state index contributed by atoms with van der Waals surface area (Å²) in [6.07, 6.45) is 6.06. The molecule has 0 spiro atoms. The second kappa shape index (κ2) is 5.70. The number of thiophene rings is 1. The van der Waals surface area contributed by atoms with E-state index in [4.69, 9.17) is 4.74 Å². The molecule has 1 aromatic rings. The van der Waals surface area contributed by atoms with E-state index >= 15 is 0 Å². The van der Waals surface area contributed by atoms with Crippen molar-refractivity contribution in [3.8, 4) is 0 Å². The van der Waals surface area contributed by atoms with E-state index in [0.717, 1.165) is 6.54 Å². The molecule has 1 aliphatic carbocycles. The van der Waals surface area contributed by atoms with Gasteiger partial charge in [-0.1, -0.05) is 12.8 Å². The molecule has 1 aromatic heterocycles. The van der Waals surface area contributed by atoms with Gasteiger partial charge >= 0.3 is 0 Å². The summed E-state index contributed by atoms with van der Waals surface area (Å²) in [5.74, 6) is 0.692. The van der Waals surface area contributed by atoms with Crippen molar-refractivity contribution in [1.82, 2.24) is 5.32 Å². The van der Waals surface area contributed by atoms with E-state index in [0.29, 0.717) is 12.0 Å². The molecule has 0 aromatic carbocycles. The van der Waals surface area contributed by atoms with Gasteiger partial charge in [0.05, 0.1) is 12.2 Å². The molecule has 3 unspecified atom stereocenters. The fourth-order valence-electron chi connectivity index (χ4n) is 3.09. The van der Waals surface area contributed by atoms with Crippen LogP contribution in [-0.2, 0) is 4.74 Å². The SMILES string of the molecule is CNCC1OC2CCCCC2c2sccc21.Cl. The Morgan fingerprint density at radius 1 is 1.41 bits per heavy atom. The smallest absolute Gasteiger partial charge is 0.0963 e. The molecule has 3 atom stereocenters. The van der Waals surface area contributed by atoms with Gasteiger partial charge in [0.25, 0.3) is 0 Å². The van der Waals surface area contributed by atoms with Crippen LogP contribution in [0.4, 0.5) is 0 Å².